The Bertz CT molecular complexity index is 1020. The molecule has 8 nitrogen and oxygen atoms in total. The fourth-order valence-corrected chi connectivity index (χ4v) is 4.08. The number of hydrogen-bond donors (Lipinski definition) is 1. The average Bonchev–Trinajstić information content (AvgIpc) is 3.46. The summed E-state index contributed by atoms with van der Waals surface area (Å²) >= 11 is 0. The van der Waals surface area contributed by atoms with Crippen LogP contribution in [0.15, 0.2) is 24.8 Å². The van der Waals surface area contributed by atoms with Crippen molar-refractivity contribution >= 4 is 17.0 Å². The molecule has 3 aromatic heterocycles. The number of nitriles is 1. The smallest absolute Gasteiger partial charge is 0.359 e. The molecule has 0 aromatic carbocycles. The van der Waals surface area contributed by atoms with Gasteiger partial charge in [0.05, 0.1) is 36.4 Å². The second-order valence-electron chi connectivity index (χ2n) is 7.03. The third-order valence-electron chi connectivity index (χ3n) is 5.39. The first-order chi connectivity index (χ1) is 13.7. The lowest BCUT2D eigenvalue weighted by Gasteiger charge is -2.21. The number of ether oxygens (including phenoxy) is 1. The maximum absolute atomic E-state index is 12.6. The van der Waals surface area contributed by atoms with Gasteiger partial charge in [-0.3, -0.25) is 4.68 Å². The first-order valence-electron chi connectivity index (χ1n) is 9.64. The van der Waals surface area contributed by atoms with Crippen LogP contribution in [0.2, 0.25) is 0 Å². The standard InChI is InChI=1S/C20H22N6O2/c1-2-28-20(27)18-15(17-14-8-10-22-19(14)24-12-23-17)11-26(25-18)16(7-9-21)13-5-3-4-6-13/h8,10-13,16H,2-7H2,1H3,(H,22,23,24). The van der Waals surface area contributed by atoms with Crippen LogP contribution in [0, 0.1) is 17.2 Å². The number of hydrogen-bond acceptors (Lipinski definition) is 6. The molecule has 1 fully saturated rings. The normalized spacial score (nSPS) is 15.6. The maximum atomic E-state index is 12.6. The highest BCUT2D eigenvalue weighted by Crippen LogP contribution is 2.37. The molecule has 1 atom stereocenters. The van der Waals surface area contributed by atoms with Crippen LogP contribution in [0.1, 0.15) is 55.6 Å². The second-order valence-corrected chi connectivity index (χ2v) is 7.03. The van der Waals surface area contributed by atoms with Crippen LogP contribution in [0.5, 0.6) is 0 Å². The fourth-order valence-electron chi connectivity index (χ4n) is 4.08. The maximum Gasteiger partial charge on any atom is 0.359 e. The molecule has 28 heavy (non-hydrogen) atoms. The van der Waals surface area contributed by atoms with Crippen molar-refractivity contribution in [2.45, 2.75) is 45.1 Å². The van der Waals surface area contributed by atoms with E-state index in [9.17, 15) is 10.1 Å². The Morgan fingerprint density at radius 2 is 2.25 bits per heavy atom. The number of rotatable bonds is 6. The van der Waals surface area contributed by atoms with Gasteiger partial charge in [0.1, 0.15) is 12.0 Å². The number of carbonyl (C=O) groups excluding carboxylic acids is 1. The lowest BCUT2D eigenvalue weighted by Crippen LogP contribution is -2.18. The summed E-state index contributed by atoms with van der Waals surface area (Å²) in [5.41, 5.74) is 2.15. The van der Waals surface area contributed by atoms with Gasteiger partial charge in [-0.25, -0.2) is 14.8 Å². The molecule has 3 aromatic rings. The van der Waals surface area contributed by atoms with E-state index in [0.29, 0.717) is 29.2 Å². The number of H-pyrrole nitrogens is 1. The van der Waals surface area contributed by atoms with Gasteiger partial charge in [0.15, 0.2) is 5.69 Å². The molecule has 1 aliphatic carbocycles. The largest absolute Gasteiger partial charge is 0.461 e. The molecule has 1 N–H and O–H groups in total. The highest BCUT2D eigenvalue weighted by Gasteiger charge is 2.30. The van der Waals surface area contributed by atoms with Gasteiger partial charge in [0, 0.05) is 17.8 Å². The Kier molecular flexibility index (Phi) is 5.06. The number of aromatic nitrogens is 5. The van der Waals surface area contributed by atoms with E-state index in [1.54, 1.807) is 17.8 Å². The third kappa shape index (κ3) is 3.24. The summed E-state index contributed by atoms with van der Waals surface area (Å²) in [6, 6.07) is 4.10. The zero-order valence-corrected chi connectivity index (χ0v) is 15.8. The Morgan fingerprint density at radius 3 is 3.00 bits per heavy atom. The van der Waals surface area contributed by atoms with Crippen molar-refractivity contribution in [1.29, 1.82) is 5.26 Å². The predicted molar refractivity (Wildman–Crippen MR) is 102 cm³/mol. The minimum absolute atomic E-state index is 0.0574. The molecule has 0 saturated heterocycles. The van der Waals surface area contributed by atoms with E-state index < -0.39 is 5.97 Å². The van der Waals surface area contributed by atoms with Crippen molar-refractivity contribution in [3.63, 3.8) is 0 Å². The van der Waals surface area contributed by atoms with Gasteiger partial charge >= 0.3 is 5.97 Å². The highest BCUT2D eigenvalue weighted by atomic mass is 16.5. The molecular weight excluding hydrogens is 356 g/mol. The van der Waals surface area contributed by atoms with Crippen LogP contribution < -0.4 is 0 Å². The zero-order chi connectivity index (χ0) is 19.5. The molecule has 0 aliphatic heterocycles. The monoisotopic (exact) mass is 378 g/mol. The molecule has 144 valence electrons. The van der Waals surface area contributed by atoms with Crippen LogP contribution in [-0.4, -0.2) is 37.3 Å². The minimum Gasteiger partial charge on any atom is -0.461 e. The van der Waals surface area contributed by atoms with Crippen molar-refractivity contribution in [1.82, 2.24) is 24.7 Å². The van der Waals surface area contributed by atoms with Crippen LogP contribution in [0.3, 0.4) is 0 Å². The number of esters is 1. The van der Waals surface area contributed by atoms with Crippen LogP contribution in [-0.2, 0) is 4.74 Å². The third-order valence-corrected chi connectivity index (χ3v) is 5.39. The van der Waals surface area contributed by atoms with Gasteiger partial charge in [-0.15, -0.1) is 0 Å². The van der Waals surface area contributed by atoms with Gasteiger partial charge in [0.2, 0.25) is 0 Å². The summed E-state index contributed by atoms with van der Waals surface area (Å²) < 4.78 is 7.01. The zero-order valence-electron chi connectivity index (χ0n) is 15.8. The summed E-state index contributed by atoms with van der Waals surface area (Å²) in [5, 5.41) is 14.7. The van der Waals surface area contributed by atoms with Crippen LogP contribution in [0.4, 0.5) is 0 Å². The molecule has 1 saturated carbocycles. The lowest BCUT2D eigenvalue weighted by atomic mass is 9.96. The molecule has 0 radical (unpaired) electrons. The second kappa shape index (κ2) is 7.80. The van der Waals surface area contributed by atoms with E-state index in [0.717, 1.165) is 18.2 Å². The molecule has 1 aliphatic rings. The molecule has 0 spiro atoms. The lowest BCUT2D eigenvalue weighted by molar-refractivity contribution is 0.0518. The van der Waals surface area contributed by atoms with Gasteiger partial charge in [-0.1, -0.05) is 12.8 Å². The topological polar surface area (TPSA) is 109 Å². The van der Waals surface area contributed by atoms with Gasteiger partial charge in [-0.05, 0) is 31.7 Å². The van der Waals surface area contributed by atoms with E-state index in [1.807, 2.05) is 12.3 Å². The van der Waals surface area contributed by atoms with Gasteiger partial charge < -0.3 is 9.72 Å². The first-order valence-corrected chi connectivity index (χ1v) is 9.64. The molecule has 4 rings (SSSR count). The molecule has 0 bridgehead atoms. The van der Waals surface area contributed by atoms with Gasteiger partial charge in [-0.2, -0.15) is 10.4 Å². The molecule has 0 amide bonds. The van der Waals surface area contributed by atoms with Crippen molar-refractivity contribution in [2.75, 3.05) is 6.61 Å². The van der Waals surface area contributed by atoms with E-state index in [-0.39, 0.29) is 18.3 Å². The van der Waals surface area contributed by atoms with Crippen molar-refractivity contribution in [2.24, 2.45) is 5.92 Å². The predicted octanol–water partition coefficient (Wildman–Crippen LogP) is 3.64. The van der Waals surface area contributed by atoms with E-state index in [2.05, 4.69) is 26.1 Å². The summed E-state index contributed by atoms with van der Waals surface area (Å²) in [4.78, 5) is 24.3. The summed E-state index contributed by atoms with van der Waals surface area (Å²) in [6.45, 7) is 2.03. The quantitative estimate of drug-likeness (QED) is 0.656. The van der Waals surface area contributed by atoms with Crippen molar-refractivity contribution in [3.8, 4) is 17.3 Å². The Morgan fingerprint density at radius 1 is 1.43 bits per heavy atom. The fraction of sp³-hybridized carbons (Fsp3) is 0.450. The molecule has 8 heteroatoms. The number of aromatic amines is 1. The molecule has 1 unspecified atom stereocenters. The Balaban J connectivity index is 1.84. The number of nitrogens with zero attached hydrogens (tertiary/aromatic N) is 5. The van der Waals surface area contributed by atoms with Crippen LogP contribution in [0.25, 0.3) is 22.3 Å². The van der Waals surface area contributed by atoms with E-state index >= 15 is 0 Å². The SMILES string of the molecule is CCOC(=O)c1nn(C(CC#N)C2CCCC2)cc1-c1ncnc2[nH]ccc12. The summed E-state index contributed by atoms with van der Waals surface area (Å²) in [5.74, 6) is -0.0965. The molecule has 3 heterocycles. The summed E-state index contributed by atoms with van der Waals surface area (Å²) in [6.07, 6.45) is 9.93. The summed E-state index contributed by atoms with van der Waals surface area (Å²) in [7, 11) is 0. The first kappa shape index (κ1) is 18.2. The molecular formula is C20H22N6O2. The van der Waals surface area contributed by atoms with E-state index in [1.165, 1.54) is 19.2 Å². The Hall–Kier alpha value is -3.21. The minimum atomic E-state index is -0.485. The van der Waals surface area contributed by atoms with E-state index in [4.69, 9.17) is 4.74 Å². The highest BCUT2D eigenvalue weighted by molar-refractivity contribution is 6.00. The van der Waals surface area contributed by atoms with Crippen molar-refractivity contribution < 1.29 is 9.53 Å². The number of fused-ring (bicyclic) bond motifs is 1. The average molecular weight is 378 g/mol. The number of carbonyl (C=O) groups is 1. The van der Waals surface area contributed by atoms with Crippen LogP contribution >= 0.6 is 0 Å². The number of nitrogens with one attached hydrogen (secondary N) is 1. The van der Waals surface area contributed by atoms with Gasteiger partial charge in [0.25, 0.3) is 0 Å². The Labute approximate surface area is 162 Å². The van der Waals surface area contributed by atoms with Crippen molar-refractivity contribution in [3.05, 3.63) is 30.5 Å².